The van der Waals surface area contributed by atoms with Gasteiger partial charge in [-0.1, -0.05) is 46.9 Å². The van der Waals surface area contributed by atoms with Gasteiger partial charge in [0.25, 0.3) is 11.9 Å². The van der Waals surface area contributed by atoms with Crippen LogP contribution in [0.3, 0.4) is 0 Å². The molecule has 5 rings (SSSR count). The topological polar surface area (TPSA) is 111 Å². The van der Waals surface area contributed by atoms with Gasteiger partial charge in [0.15, 0.2) is 0 Å². The summed E-state index contributed by atoms with van der Waals surface area (Å²) in [5, 5.41) is 13.7. The zero-order valence-corrected chi connectivity index (χ0v) is 19.6. The standard InChI is InChI=1S/C22H19Cl3N4O4/c1-9-15(24)16(25)18(26-9)20(30)28-17-12-7-29(8-13(12)17)22-27-14(19(33-22)21(31)32)6-10-2-4-11(23)5-3-10/h2-5,12-13,17,26H,6-8H2,1H3,(H,28,30)(H,31,32)/t12-,13+,17-. The molecule has 1 aliphatic heterocycles. The lowest BCUT2D eigenvalue weighted by molar-refractivity contribution is 0.0661. The van der Waals surface area contributed by atoms with Crippen LogP contribution in [0.15, 0.2) is 28.7 Å². The predicted molar refractivity (Wildman–Crippen MR) is 124 cm³/mol. The van der Waals surface area contributed by atoms with Crippen molar-refractivity contribution in [2.45, 2.75) is 19.4 Å². The lowest BCUT2D eigenvalue weighted by Gasteiger charge is -2.17. The Morgan fingerprint density at radius 3 is 2.42 bits per heavy atom. The van der Waals surface area contributed by atoms with Crippen LogP contribution in [0.1, 0.15) is 38.0 Å². The highest BCUT2D eigenvalue weighted by Gasteiger charge is 2.57. The molecular weight excluding hydrogens is 491 g/mol. The van der Waals surface area contributed by atoms with Crippen molar-refractivity contribution in [1.29, 1.82) is 0 Å². The number of carbonyl (C=O) groups is 2. The van der Waals surface area contributed by atoms with Crippen LogP contribution in [0.25, 0.3) is 0 Å². The number of halogens is 3. The highest BCUT2D eigenvalue weighted by Crippen LogP contribution is 2.47. The molecule has 8 nitrogen and oxygen atoms in total. The highest BCUT2D eigenvalue weighted by molar-refractivity contribution is 6.44. The number of carboxylic acids is 1. The van der Waals surface area contributed by atoms with Crippen LogP contribution in [-0.2, 0) is 6.42 Å². The SMILES string of the molecule is Cc1[nH]c(C(=O)N[C@@H]2[C@@H]3CN(c4nc(Cc5ccc(Cl)cc5)c(C(=O)O)o4)C[C@@H]32)c(Cl)c1Cl. The Bertz CT molecular complexity index is 1240. The molecule has 3 heterocycles. The summed E-state index contributed by atoms with van der Waals surface area (Å²) in [4.78, 5) is 33.6. The number of carboxylic acid groups (broad SMARTS) is 1. The fraction of sp³-hybridized carbons (Fsp3) is 0.318. The maximum Gasteiger partial charge on any atom is 0.373 e. The first kappa shape index (κ1) is 22.1. The van der Waals surface area contributed by atoms with Crippen LogP contribution in [0, 0.1) is 18.8 Å². The van der Waals surface area contributed by atoms with E-state index in [9.17, 15) is 14.7 Å². The van der Waals surface area contributed by atoms with E-state index in [0.29, 0.717) is 40.9 Å². The van der Waals surface area contributed by atoms with Gasteiger partial charge in [0, 0.05) is 48.1 Å². The number of aromatic carboxylic acids is 1. The number of hydrogen-bond acceptors (Lipinski definition) is 5. The molecule has 33 heavy (non-hydrogen) atoms. The third-order valence-corrected chi connectivity index (χ3v) is 7.41. The minimum atomic E-state index is -1.16. The number of amides is 1. The monoisotopic (exact) mass is 508 g/mol. The van der Waals surface area contributed by atoms with Crippen LogP contribution in [0.4, 0.5) is 6.01 Å². The van der Waals surface area contributed by atoms with Crippen LogP contribution in [-0.4, -0.2) is 46.1 Å². The average Bonchev–Trinajstić information content (AvgIpc) is 3.14. The quantitative estimate of drug-likeness (QED) is 0.453. The van der Waals surface area contributed by atoms with Crippen molar-refractivity contribution >= 4 is 52.7 Å². The summed E-state index contributed by atoms with van der Waals surface area (Å²) in [6, 6.07) is 7.43. The van der Waals surface area contributed by atoms with Gasteiger partial charge in [0.2, 0.25) is 5.76 Å². The van der Waals surface area contributed by atoms with Gasteiger partial charge in [0.05, 0.1) is 10.0 Å². The van der Waals surface area contributed by atoms with Crippen molar-refractivity contribution in [3.63, 3.8) is 0 Å². The van der Waals surface area contributed by atoms with E-state index in [0.717, 1.165) is 5.56 Å². The van der Waals surface area contributed by atoms with E-state index in [2.05, 4.69) is 15.3 Å². The first-order valence-electron chi connectivity index (χ1n) is 10.3. The van der Waals surface area contributed by atoms with E-state index in [4.69, 9.17) is 39.2 Å². The summed E-state index contributed by atoms with van der Waals surface area (Å²) in [5.74, 6) is -1.18. The number of hydrogen-bond donors (Lipinski definition) is 3. The summed E-state index contributed by atoms with van der Waals surface area (Å²) in [7, 11) is 0. The predicted octanol–water partition coefficient (Wildman–Crippen LogP) is 4.42. The number of nitrogens with one attached hydrogen (secondary N) is 2. The third-order valence-electron chi connectivity index (χ3n) is 6.21. The Hall–Kier alpha value is -2.68. The van der Waals surface area contributed by atoms with E-state index in [1.165, 1.54) is 0 Å². The molecule has 1 aliphatic carbocycles. The van der Waals surface area contributed by atoms with Crippen LogP contribution < -0.4 is 10.2 Å². The average molecular weight is 510 g/mol. The van der Waals surface area contributed by atoms with Gasteiger partial charge in [-0.05, 0) is 24.6 Å². The molecule has 2 fully saturated rings. The Kier molecular flexibility index (Phi) is 5.55. The molecule has 3 N–H and O–H groups in total. The number of aryl methyl sites for hydroxylation is 1. The molecule has 1 saturated heterocycles. The zero-order valence-electron chi connectivity index (χ0n) is 17.4. The Morgan fingerprint density at radius 2 is 1.85 bits per heavy atom. The van der Waals surface area contributed by atoms with E-state index in [-0.39, 0.29) is 46.3 Å². The molecule has 0 radical (unpaired) electrons. The minimum absolute atomic E-state index is 0.00893. The molecular formula is C22H19Cl3N4O4. The largest absolute Gasteiger partial charge is 0.475 e. The second-order valence-corrected chi connectivity index (χ2v) is 9.56. The van der Waals surface area contributed by atoms with E-state index in [1.54, 1.807) is 19.1 Å². The zero-order chi connectivity index (χ0) is 23.4. The van der Waals surface area contributed by atoms with Gasteiger partial charge >= 0.3 is 5.97 Å². The first-order valence-corrected chi connectivity index (χ1v) is 11.4. The number of nitrogens with zero attached hydrogens (tertiary/aromatic N) is 2. The number of piperidine rings is 1. The van der Waals surface area contributed by atoms with Crippen LogP contribution in [0.5, 0.6) is 0 Å². The summed E-state index contributed by atoms with van der Waals surface area (Å²) in [6.45, 7) is 2.96. The Balaban J connectivity index is 1.25. The van der Waals surface area contributed by atoms with Crippen LogP contribution in [0.2, 0.25) is 15.1 Å². The molecule has 1 saturated carbocycles. The second kappa shape index (κ2) is 8.27. The molecule has 172 valence electrons. The normalized spacial score (nSPS) is 21.2. The number of aromatic amines is 1. The van der Waals surface area contributed by atoms with Crippen molar-refractivity contribution in [1.82, 2.24) is 15.3 Å². The van der Waals surface area contributed by atoms with Gasteiger partial charge in [-0.25, -0.2) is 4.79 Å². The molecule has 3 aromatic rings. The molecule has 3 atom stereocenters. The van der Waals surface area contributed by atoms with Crippen molar-refractivity contribution in [2.24, 2.45) is 11.8 Å². The fourth-order valence-corrected chi connectivity index (χ4v) is 4.95. The maximum atomic E-state index is 12.6. The number of fused-ring (bicyclic) bond motifs is 1. The maximum absolute atomic E-state index is 12.6. The Morgan fingerprint density at radius 1 is 1.18 bits per heavy atom. The van der Waals surface area contributed by atoms with Gasteiger partial charge in [-0.2, -0.15) is 4.98 Å². The fourth-order valence-electron chi connectivity index (χ4n) is 4.41. The summed E-state index contributed by atoms with van der Waals surface area (Å²) in [5.41, 5.74) is 2.14. The van der Waals surface area contributed by atoms with E-state index < -0.39 is 5.97 Å². The number of anilines is 1. The van der Waals surface area contributed by atoms with Gasteiger partial charge in [-0.15, -0.1) is 0 Å². The molecule has 0 unspecified atom stereocenters. The number of aromatic nitrogens is 2. The van der Waals surface area contributed by atoms with Crippen LogP contribution >= 0.6 is 34.8 Å². The number of oxazole rings is 1. The summed E-state index contributed by atoms with van der Waals surface area (Å²) >= 11 is 18.1. The van der Waals surface area contributed by atoms with Gasteiger partial charge in [-0.3, -0.25) is 4.79 Å². The van der Waals surface area contributed by atoms with Crippen molar-refractivity contribution in [2.75, 3.05) is 18.0 Å². The van der Waals surface area contributed by atoms with Gasteiger partial charge in [0.1, 0.15) is 11.4 Å². The summed E-state index contributed by atoms with van der Waals surface area (Å²) in [6.07, 6.45) is 0.320. The van der Waals surface area contributed by atoms with Crippen molar-refractivity contribution in [3.05, 3.63) is 67.7 Å². The smallest absolute Gasteiger partial charge is 0.373 e. The molecule has 1 aromatic carbocycles. The third kappa shape index (κ3) is 4.07. The molecule has 1 amide bonds. The number of carbonyl (C=O) groups excluding carboxylic acids is 1. The summed E-state index contributed by atoms with van der Waals surface area (Å²) < 4.78 is 5.61. The highest BCUT2D eigenvalue weighted by atomic mass is 35.5. The van der Waals surface area contributed by atoms with Crippen molar-refractivity contribution in [3.8, 4) is 0 Å². The first-order chi connectivity index (χ1) is 15.7. The number of H-pyrrole nitrogens is 1. The molecule has 2 aromatic heterocycles. The molecule has 0 bridgehead atoms. The van der Waals surface area contributed by atoms with Crippen molar-refractivity contribution < 1.29 is 19.1 Å². The lowest BCUT2D eigenvalue weighted by Crippen LogP contribution is -2.35. The minimum Gasteiger partial charge on any atom is -0.475 e. The molecule has 11 heteroatoms. The number of benzene rings is 1. The number of rotatable bonds is 6. The van der Waals surface area contributed by atoms with Gasteiger partial charge < -0.3 is 24.7 Å². The Labute approximate surface area is 203 Å². The van der Waals surface area contributed by atoms with E-state index >= 15 is 0 Å². The van der Waals surface area contributed by atoms with E-state index in [1.807, 2.05) is 17.0 Å². The second-order valence-electron chi connectivity index (χ2n) is 8.37. The lowest BCUT2D eigenvalue weighted by atomic mass is 10.1. The molecule has 2 aliphatic rings. The molecule has 0 spiro atoms.